The Bertz CT molecular complexity index is 485. The van der Waals surface area contributed by atoms with Crippen LogP contribution in [0.3, 0.4) is 0 Å². The number of carbonyl (C=O) groups is 2. The Labute approximate surface area is 122 Å². The molecule has 5 nitrogen and oxygen atoms in total. The van der Waals surface area contributed by atoms with E-state index in [1.54, 1.807) is 4.90 Å². The molecule has 0 radical (unpaired) electrons. The van der Waals surface area contributed by atoms with Gasteiger partial charge >= 0.3 is 6.03 Å². The summed E-state index contributed by atoms with van der Waals surface area (Å²) in [7, 11) is 0. The number of likely N-dealkylation sites (tertiary alicyclic amines) is 1. The summed E-state index contributed by atoms with van der Waals surface area (Å²) in [5, 5.41) is 8.69. The van der Waals surface area contributed by atoms with E-state index < -0.39 is 0 Å². The maximum absolute atomic E-state index is 12.2. The highest BCUT2D eigenvalue weighted by atomic mass is 32.1. The number of nitrogens with one attached hydrogen (secondary N) is 2. The SMILES string of the molecule is O=C(NC1CC1)C1CCCN(C(=O)Nc2cccs2)C1. The number of nitrogens with zero attached hydrogens (tertiary/aromatic N) is 1. The molecule has 1 saturated carbocycles. The molecule has 108 valence electrons. The maximum Gasteiger partial charge on any atom is 0.322 e. The molecule has 2 N–H and O–H groups in total. The smallest absolute Gasteiger partial charge is 0.322 e. The van der Waals surface area contributed by atoms with Gasteiger partial charge in [-0.25, -0.2) is 4.79 Å². The lowest BCUT2D eigenvalue weighted by Gasteiger charge is -2.31. The van der Waals surface area contributed by atoms with Crippen LogP contribution in [0.25, 0.3) is 0 Å². The van der Waals surface area contributed by atoms with Crippen molar-refractivity contribution in [3.8, 4) is 0 Å². The number of carbonyl (C=O) groups excluding carboxylic acids is 2. The summed E-state index contributed by atoms with van der Waals surface area (Å²) in [4.78, 5) is 26.0. The summed E-state index contributed by atoms with van der Waals surface area (Å²) in [6, 6.07) is 4.07. The summed E-state index contributed by atoms with van der Waals surface area (Å²) in [5.41, 5.74) is 0. The van der Waals surface area contributed by atoms with E-state index in [1.165, 1.54) is 11.3 Å². The Morgan fingerprint density at radius 2 is 2.15 bits per heavy atom. The molecule has 2 fully saturated rings. The molecule has 3 amide bonds. The first-order valence-corrected chi connectivity index (χ1v) is 8.00. The highest BCUT2D eigenvalue weighted by Gasteiger charge is 2.31. The van der Waals surface area contributed by atoms with Crippen LogP contribution in [0.2, 0.25) is 0 Å². The van der Waals surface area contributed by atoms with E-state index in [9.17, 15) is 9.59 Å². The molecule has 1 atom stereocenters. The molecule has 1 aromatic heterocycles. The number of anilines is 1. The lowest BCUT2D eigenvalue weighted by molar-refractivity contribution is -0.126. The predicted octanol–water partition coefficient (Wildman–Crippen LogP) is 2.27. The van der Waals surface area contributed by atoms with E-state index in [0.29, 0.717) is 12.6 Å². The molecule has 0 aromatic carbocycles. The third-order valence-corrected chi connectivity index (χ3v) is 4.54. The highest BCUT2D eigenvalue weighted by Crippen LogP contribution is 2.23. The molecular weight excluding hydrogens is 274 g/mol. The van der Waals surface area contributed by atoms with Crippen molar-refractivity contribution < 1.29 is 9.59 Å². The average Bonchev–Trinajstić information content (AvgIpc) is 3.12. The minimum absolute atomic E-state index is 0.0570. The van der Waals surface area contributed by atoms with Gasteiger partial charge in [0.1, 0.15) is 0 Å². The quantitative estimate of drug-likeness (QED) is 0.898. The van der Waals surface area contributed by atoms with Crippen LogP contribution >= 0.6 is 11.3 Å². The standard InChI is InChI=1S/C14H19N3O2S/c18-13(15-11-5-6-11)10-3-1-7-17(9-10)14(19)16-12-4-2-8-20-12/h2,4,8,10-11H,1,3,5-7,9H2,(H,15,18)(H,16,19). The lowest BCUT2D eigenvalue weighted by atomic mass is 9.97. The Hall–Kier alpha value is -1.56. The minimum atomic E-state index is -0.101. The van der Waals surface area contributed by atoms with Crippen molar-refractivity contribution in [1.82, 2.24) is 10.2 Å². The van der Waals surface area contributed by atoms with Crippen molar-refractivity contribution in [2.24, 2.45) is 5.92 Å². The highest BCUT2D eigenvalue weighted by molar-refractivity contribution is 7.14. The Morgan fingerprint density at radius 3 is 2.85 bits per heavy atom. The fraction of sp³-hybridized carbons (Fsp3) is 0.571. The van der Waals surface area contributed by atoms with Crippen LogP contribution in [0.4, 0.5) is 9.80 Å². The van der Waals surface area contributed by atoms with Gasteiger partial charge in [0.05, 0.1) is 10.9 Å². The summed E-state index contributed by atoms with van der Waals surface area (Å²) < 4.78 is 0. The number of amides is 3. The topological polar surface area (TPSA) is 61.4 Å². The summed E-state index contributed by atoms with van der Waals surface area (Å²) in [6.45, 7) is 1.25. The Morgan fingerprint density at radius 1 is 1.30 bits per heavy atom. The van der Waals surface area contributed by atoms with Crippen molar-refractivity contribution >= 4 is 28.3 Å². The second-order valence-corrected chi connectivity index (χ2v) is 6.42. The zero-order valence-corrected chi connectivity index (χ0v) is 12.1. The molecule has 3 rings (SSSR count). The molecule has 20 heavy (non-hydrogen) atoms. The fourth-order valence-electron chi connectivity index (χ4n) is 2.46. The van der Waals surface area contributed by atoms with Gasteiger partial charge in [0.25, 0.3) is 0 Å². The molecule has 2 heterocycles. The number of hydrogen-bond donors (Lipinski definition) is 2. The molecule has 0 spiro atoms. The molecule has 1 unspecified atom stereocenters. The second-order valence-electron chi connectivity index (χ2n) is 5.48. The first-order valence-electron chi connectivity index (χ1n) is 7.12. The number of hydrogen-bond acceptors (Lipinski definition) is 3. The first kappa shape index (κ1) is 13.4. The molecule has 1 aliphatic carbocycles. The summed E-state index contributed by atoms with van der Waals surface area (Å²) >= 11 is 1.50. The number of urea groups is 1. The summed E-state index contributed by atoms with van der Waals surface area (Å²) in [5.74, 6) is 0.0551. The van der Waals surface area contributed by atoms with Crippen LogP contribution in [-0.2, 0) is 4.79 Å². The van der Waals surface area contributed by atoms with Crippen LogP contribution in [0.15, 0.2) is 17.5 Å². The lowest BCUT2D eigenvalue weighted by Crippen LogP contribution is -2.47. The molecule has 1 aliphatic heterocycles. The average molecular weight is 293 g/mol. The Balaban J connectivity index is 1.53. The van der Waals surface area contributed by atoms with Crippen molar-refractivity contribution in [1.29, 1.82) is 0 Å². The molecule has 1 saturated heterocycles. The third kappa shape index (κ3) is 3.30. The summed E-state index contributed by atoms with van der Waals surface area (Å²) in [6.07, 6.45) is 3.96. The molecular formula is C14H19N3O2S. The van der Waals surface area contributed by atoms with E-state index in [2.05, 4.69) is 10.6 Å². The van der Waals surface area contributed by atoms with Crippen LogP contribution in [0.1, 0.15) is 25.7 Å². The minimum Gasteiger partial charge on any atom is -0.353 e. The zero-order chi connectivity index (χ0) is 13.9. The van der Waals surface area contributed by atoms with Crippen molar-refractivity contribution in [3.05, 3.63) is 17.5 Å². The molecule has 6 heteroatoms. The number of piperidine rings is 1. The van der Waals surface area contributed by atoms with E-state index >= 15 is 0 Å². The third-order valence-electron chi connectivity index (χ3n) is 3.75. The van der Waals surface area contributed by atoms with E-state index in [-0.39, 0.29) is 17.9 Å². The van der Waals surface area contributed by atoms with Gasteiger partial charge in [-0.1, -0.05) is 0 Å². The largest absolute Gasteiger partial charge is 0.353 e. The van der Waals surface area contributed by atoms with Crippen LogP contribution in [-0.4, -0.2) is 36.0 Å². The number of thiophene rings is 1. The van der Waals surface area contributed by atoms with E-state index in [4.69, 9.17) is 0 Å². The van der Waals surface area contributed by atoms with Gasteiger partial charge in [0, 0.05) is 19.1 Å². The van der Waals surface area contributed by atoms with Crippen molar-refractivity contribution in [2.75, 3.05) is 18.4 Å². The van der Waals surface area contributed by atoms with Gasteiger partial charge in [0.2, 0.25) is 5.91 Å². The van der Waals surface area contributed by atoms with Crippen molar-refractivity contribution in [2.45, 2.75) is 31.7 Å². The molecule has 0 bridgehead atoms. The van der Waals surface area contributed by atoms with Crippen LogP contribution in [0.5, 0.6) is 0 Å². The Kier molecular flexibility index (Phi) is 3.91. The van der Waals surface area contributed by atoms with Gasteiger partial charge < -0.3 is 10.2 Å². The molecule has 2 aliphatic rings. The zero-order valence-electron chi connectivity index (χ0n) is 11.3. The van der Waals surface area contributed by atoms with Gasteiger partial charge in [-0.05, 0) is 43.2 Å². The van der Waals surface area contributed by atoms with Gasteiger partial charge in [-0.2, -0.15) is 0 Å². The van der Waals surface area contributed by atoms with Gasteiger partial charge in [-0.3, -0.25) is 10.1 Å². The second kappa shape index (κ2) is 5.83. The van der Waals surface area contributed by atoms with Crippen LogP contribution in [0, 0.1) is 5.92 Å². The molecule has 1 aromatic rings. The first-order chi connectivity index (χ1) is 9.72. The van der Waals surface area contributed by atoms with E-state index in [0.717, 1.165) is 37.2 Å². The number of rotatable bonds is 3. The van der Waals surface area contributed by atoms with Crippen LogP contribution < -0.4 is 10.6 Å². The van der Waals surface area contributed by atoms with Gasteiger partial charge in [-0.15, -0.1) is 11.3 Å². The fourth-order valence-corrected chi connectivity index (χ4v) is 3.06. The normalized spacial score (nSPS) is 22.4. The maximum atomic E-state index is 12.2. The van der Waals surface area contributed by atoms with Crippen molar-refractivity contribution in [3.63, 3.8) is 0 Å². The van der Waals surface area contributed by atoms with E-state index in [1.807, 2.05) is 17.5 Å². The predicted molar refractivity (Wildman–Crippen MR) is 78.8 cm³/mol. The van der Waals surface area contributed by atoms with Gasteiger partial charge in [0.15, 0.2) is 0 Å². The monoisotopic (exact) mass is 293 g/mol.